The van der Waals surface area contributed by atoms with Crippen molar-refractivity contribution in [1.29, 1.82) is 0 Å². The maximum atomic E-state index is 12.4. The second-order valence-corrected chi connectivity index (χ2v) is 10.6. The largest absolute Gasteiger partial charge is 0.481 e. The maximum absolute atomic E-state index is 12.4. The Kier molecular flexibility index (Phi) is 6.58. The van der Waals surface area contributed by atoms with Crippen LogP contribution >= 0.6 is 0 Å². The van der Waals surface area contributed by atoms with Crippen molar-refractivity contribution in [3.05, 3.63) is 70.3 Å². The number of fused-ring (bicyclic) bond motifs is 3. The molecule has 1 saturated carbocycles. The van der Waals surface area contributed by atoms with Gasteiger partial charge in [0.2, 0.25) is 0 Å². The van der Waals surface area contributed by atoms with Gasteiger partial charge in [-0.3, -0.25) is 4.79 Å². The molecule has 0 aliphatic heterocycles. The number of carboxylic acid groups (broad SMARTS) is 1. The molecule has 0 aromatic heterocycles. The Balaban J connectivity index is 1.92. The molecule has 4 rings (SSSR count). The van der Waals surface area contributed by atoms with Gasteiger partial charge in [0.1, 0.15) is 5.71 Å². The van der Waals surface area contributed by atoms with E-state index in [-0.39, 0.29) is 17.9 Å². The summed E-state index contributed by atoms with van der Waals surface area (Å²) in [5.41, 5.74) is 5.74. The van der Waals surface area contributed by atoms with Crippen LogP contribution in [0.5, 0.6) is 0 Å². The highest BCUT2D eigenvalue weighted by Gasteiger charge is 2.55. The normalized spacial score (nSPS) is 26.4. The number of aryl methyl sites for hydroxylation is 1. The van der Waals surface area contributed by atoms with Crippen LogP contribution in [-0.4, -0.2) is 23.4 Å². The van der Waals surface area contributed by atoms with Crippen LogP contribution in [0, 0.1) is 23.7 Å². The number of carbonyl (C=O) groups is 1. The van der Waals surface area contributed by atoms with E-state index < -0.39 is 11.4 Å². The number of benzene rings is 2. The fourth-order valence-electron chi connectivity index (χ4n) is 6.46. The molecule has 0 unspecified atom stereocenters. The molecule has 3 atom stereocenters. The Morgan fingerprint density at radius 3 is 2.62 bits per heavy atom. The Bertz CT molecular complexity index is 1140. The van der Waals surface area contributed by atoms with E-state index >= 15 is 0 Å². The molecule has 0 heterocycles. The first-order chi connectivity index (χ1) is 16.2. The van der Waals surface area contributed by atoms with Gasteiger partial charge in [-0.25, -0.2) is 0 Å². The molecule has 0 radical (unpaired) electrons. The highest BCUT2D eigenvalue weighted by molar-refractivity contribution is 6.13. The number of hydrogen-bond donors (Lipinski definition) is 1. The van der Waals surface area contributed by atoms with Crippen LogP contribution in [0.15, 0.2) is 47.6 Å². The second-order valence-electron chi connectivity index (χ2n) is 10.6. The topological polar surface area (TPSA) is 58.9 Å². The number of hydrogen-bond acceptors (Lipinski definition) is 3. The molecule has 0 spiro atoms. The van der Waals surface area contributed by atoms with Crippen molar-refractivity contribution in [2.75, 3.05) is 6.61 Å². The number of terminal acetylenes is 1. The maximum Gasteiger partial charge on any atom is 0.309 e. The Labute approximate surface area is 203 Å². The lowest BCUT2D eigenvalue weighted by Crippen LogP contribution is -2.52. The first-order valence-electron chi connectivity index (χ1n) is 12.3. The molecule has 34 heavy (non-hydrogen) atoms. The summed E-state index contributed by atoms with van der Waals surface area (Å²) in [6.45, 7) is 8.74. The average molecular weight is 458 g/mol. The van der Waals surface area contributed by atoms with Crippen molar-refractivity contribution in [2.24, 2.45) is 16.5 Å². The summed E-state index contributed by atoms with van der Waals surface area (Å²) in [4.78, 5) is 17.9. The number of aliphatic carboxylic acids is 1. The third-order valence-corrected chi connectivity index (χ3v) is 8.24. The monoisotopic (exact) mass is 457 g/mol. The van der Waals surface area contributed by atoms with Gasteiger partial charge in [0.15, 0.2) is 6.61 Å². The van der Waals surface area contributed by atoms with Crippen molar-refractivity contribution in [1.82, 2.24) is 0 Å². The highest BCUT2D eigenvalue weighted by Crippen LogP contribution is 2.57. The van der Waals surface area contributed by atoms with Crippen molar-refractivity contribution in [3.63, 3.8) is 0 Å². The minimum atomic E-state index is -0.701. The van der Waals surface area contributed by atoms with Gasteiger partial charge in [-0.1, -0.05) is 74.7 Å². The molecule has 0 bridgehead atoms. The number of rotatable bonds is 6. The summed E-state index contributed by atoms with van der Waals surface area (Å²) < 4.78 is 0. The fourth-order valence-corrected chi connectivity index (χ4v) is 6.46. The van der Waals surface area contributed by atoms with Crippen LogP contribution < -0.4 is 0 Å². The first kappa shape index (κ1) is 24.1. The van der Waals surface area contributed by atoms with Gasteiger partial charge in [-0.15, -0.1) is 6.42 Å². The van der Waals surface area contributed by atoms with E-state index in [4.69, 9.17) is 11.3 Å². The van der Waals surface area contributed by atoms with Crippen LogP contribution in [0.2, 0.25) is 0 Å². The highest BCUT2D eigenvalue weighted by atomic mass is 16.6. The number of carboxylic acids is 1. The molecule has 2 aliphatic carbocycles. The zero-order valence-corrected chi connectivity index (χ0v) is 20.7. The van der Waals surface area contributed by atoms with E-state index in [1.165, 1.54) is 16.7 Å². The molecule has 1 N–H and O–H groups in total. The van der Waals surface area contributed by atoms with E-state index in [1.54, 1.807) is 0 Å². The lowest BCUT2D eigenvalue weighted by atomic mass is 9.49. The third-order valence-electron chi connectivity index (χ3n) is 8.24. The van der Waals surface area contributed by atoms with Gasteiger partial charge in [0, 0.05) is 11.1 Å². The summed E-state index contributed by atoms with van der Waals surface area (Å²) in [5.74, 6) is 2.22. The Morgan fingerprint density at radius 1 is 1.24 bits per heavy atom. The molecule has 0 amide bonds. The molecule has 2 aromatic rings. The van der Waals surface area contributed by atoms with Crippen LogP contribution in [0.4, 0.5) is 0 Å². The van der Waals surface area contributed by atoms with Crippen molar-refractivity contribution in [3.8, 4) is 12.3 Å². The molecule has 2 aromatic carbocycles. The molecule has 2 aliphatic rings. The molecule has 1 fully saturated rings. The van der Waals surface area contributed by atoms with Crippen LogP contribution in [-0.2, 0) is 21.5 Å². The van der Waals surface area contributed by atoms with Crippen LogP contribution in [0.25, 0.3) is 0 Å². The average Bonchev–Trinajstić information content (AvgIpc) is 2.81. The van der Waals surface area contributed by atoms with Gasteiger partial charge < -0.3 is 9.94 Å². The zero-order chi connectivity index (χ0) is 24.5. The van der Waals surface area contributed by atoms with Crippen molar-refractivity contribution >= 4 is 11.7 Å². The molecule has 0 saturated heterocycles. The molecular formula is C30H35NO3. The van der Waals surface area contributed by atoms with Crippen LogP contribution in [0.3, 0.4) is 0 Å². The van der Waals surface area contributed by atoms with E-state index in [0.29, 0.717) is 5.92 Å². The minimum Gasteiger partial charge on any atom is -0.481 e. The van der Waals surface area contributed by atoms with Crippen molar-refractivity contribution in [2.45, 2.75) is 71.1 Å². The Morgan fingerprint density at radius 2 is 1.97 bits per heavy atom. The van der Waals surface area contributed by atoms with Gasteiger partial charge in [-0.2, -0.15) is 0 Å². The van der Waals surface area contributed by atoms with Gasteiger partial charge in [-0.05, 0) is 72.6 Å². The summed E-state index contributed by atoms with van der Waals surface area (Å²) in [6.07, 6.45) is 9.89. The van der Waals surface area contributed by atoms with E-state index in [2.05, 4.69) is 44.0 Å². The predicted molar refractivity (Wildman–Crippen MR) is 136 cm³/mol. The van der Waals surface area contributed by atoms with Gasteiger partial charge >= 0.3 is 5.97 Å². The van der Waals surface area contributed by atoms with E-state index in [1.807, 2.05) is 37.3 Å². The second kappa shape index (κ2) is 9.29. The lowest BCUT2D eigenvalue weighted by molar-refractivity contribution is -0.157. The van der Waals surface area contributed by atoms with Crippen molar-refractivity contribution < 1.29 is 14.7 Å². The molecular weight excluding hydrogens is 422 g/mol. The first-order valence-corrected chi connectivity index (χ1v) is 12.3. The molecule has 4 heteroatoms. The Hall–Kier alpha value is -3.06. The van der Waals surface area contributed by atoms with Gasteiger partial charge in [0.25, 0.3) is 0 Å². The predicted octanol–water partition coefficient (Wildman–Crippen LogP) is 6.31. The number of nitrogens with zero attached hydrogens (tertiary/aromatic N) is 1. The lowest BCUT2D eigenvalue weighted by Gasteiger charge is -2.53. The summed E-state index contributed by atoms with van der Waals surface area (Å²) >= 11 is 0. The quantitative estimate of drug-likeness (QED) is 0.239. The zero-order valence-electron chi connectivity index (χ0n) is 20.7. The standard InChI is InChI=1S/C30H35NO3/c1-6-17-34-31-27(21-11-8-7-9-12-21)24-19-25-22(18-23(24)20(2)3)13-14-26-29(25,4)15-10-16-30(26,5)28(32)33/h1,7-9,11-12,18-20,26H,10,13-17H2,2-5H3,(H,32,33)/t26-,29-,30-/m1/s1. The minimum absolute atomic E-state index is 0.103. The third kappa shape index (κ3) is 4.02. The summed E-state index contributed by atoms with van der Waals surface area (Å²) in [5, 5.41) is 14.7. The van der Waals surface area contributed by atoms with E-state index in [9.17, 15) is 9.90 Å². The molecule has 4 nitrogen and oxygen atoms in total. The van der Waals surface area contributed by atoms with Gasteiger partial charge in [0.05, 0.1) is 5.41 Å². The number of oxime groups is 1. The molecule has 178 valence electrons. The van der Waals surface area contributed by atoms with E-state index in [0.717, 1.165) is 48.9 Å². The smallest absolute Gasteiger partial charge is 0.309 e. The van der Waals surface area contributed by atoms with Crippen LogP contribution in [0.1, 0.15) is 87.1 Å². The fraction of sp³-hybridized carbons (Fsp3) is 0.467. The summed E-state index contributed by atoms with van der Waals surface area (Å²) in [6, 6.07) is 14.7. The SMILES string of the molecule is C#CCON=C(c1ccccc1)c1cc2c(cc1C(C)C)CC[C@H]1[C@](C)(C(=O)O)CCC[C@]21C. The summed E-state index contributed by atoms with van der Waals surface area (Å²) in [7, 11) is 0.